The molecule has 0 bridgehead atoms. The Bertz CT molecular complexity index is 600. The van der Waals surface area contributed by atoms with E-state index < -0.39 is 5.97 Å². The van der Waals surface area contributed by atoms with Crippen LogP contribution in [0.3, 0.4) is 0 Å². The van der Waals surface area contributed by atoms with Gasteiger partial charge in [-0.1, -0.05) is 23.8 Å². The van der Waals surface area contributed by atoms with Crippen molar-refractivity contribution in [1.29, 1.82) is 0 Å². The highest BCUT2D eigenvalue weighted by Gasteiger charge is 2.03. The Labute approximate surface area is 118 Å². The lowest BCUT2D eigenvalue weighted by Gasteiger charge is -2.09. The highest BCUT2D eigenvalue weighted by atomic mass is 16.5. The van der Waals surface area contributed by atoms with E-state index in [1.165, 1.54) is 16.7 Å². The Balaban J connectivity index is 1.92. The van der Waals surface area contributed by atoms with Gasteiger partial charge in [-0.05, 0) is 49.2 Å². The number of hydrogen-bond donors (Lipinski definition) is 1. The van der Waals surface area contributed by atoms with Crippen LogP contribution in [0.25, 0.3) is 0 Å². The van der Waals surface area contributed by atoms with Gasteiger partial charge in [0.2, 0.25) is 0 Å². The van der Waals surface area contributed by atoms with Gasteiger partial charge in [-0.15, -0.1) is 0 Å². The average Bonchev–Trinajstić information content (AvgIpc) is 2.43. The first-order valence-electron chi connectivity index (χ1n) is 6.58. The van der Waals surface area contributed by atoms with Crippen molar-refractivity contribution in [3.8, 4) is 5.75 Å². The molecule has 0 fully saturated rings. The minimum absolute atomic E-state index is 0.270. The molecule has 0 aromatic heterocycles. The molecule has 0 unspecified atom stereocenters. The molecule has 1 N–H and O–H groups in total. The number of rotatable bonds is 5. The topological polar surface area (TPSA) is 46.5 Å². The zero-order chi connectivity index (χ0) is 14.5. The summed E-state index contributed by atoms with van der Waals surface area (Å²) < 4.78 is 5.65. The highest BCUT2D eigenvalue weighted by Crippen LogP contribution is 2.15. The molecule has 0 saturated carbocycles. The maximum absolute atomic E-state index is 10.7. The van der Waals surface area contributed by atoms with E-state index in [9.17, 15) is 4.79 Å². The van der Waals surface area contributed by atoms with Crippen LogP contribution >= 0.6 is 0 Å². The first-order chi connectivity index (χ1) is 9.56. The van der Waals surface area contributed by atoms with Gasteiger partial charge in [0, 0.05) is 6.42 Å². The minimum atomic E-state index is -0.924. The van der Waals surface area contributed by atoms with Crippen LogP contribution in [0.15, 0.2) is 42.5 Å². The Morgan fingerprint density at radius 3 is 2.45 bits per heavy atom. The molecule has 0 spiro atoms. The van der Waals surface area contributed by atoms with Crippen LogP contribution < -0.4 is 4.74 Å². The van der Waals surface area contributed by atoms with Gasteiger partial charge in [0.1, 0.15) is 5.75 Å². The van der Waals surface area contributed by atoms with E-state index in [0.717, 1.165) is 6.42 Å². The Morgan fingerprint density at radius 2 is 1.80 bits per heavy atom. The van der Waals surface area contributed by atoms with Crippen molar-refractivity contribution in [2.24, 2.45) is 0 Å². The number of carbonyl (C=O) groups is 1. The van der Waals surface area contributed by atoms with Crippen LogP contribution in [0.5, 0.6) is 5.75 Å². The van der Waals surface area contributed by atoms with E-state index >= 15 is 0 Å². The van der Waals surface area contributed by atoms with E-state index in [1.807, 2.05) is 0 Å². The standard InChI is InChI=1S/C17H18O3/c1-12-3-4-13(2)15(11-12)9-10-20-16-7-5-14(6-8-16)17(18)19/h3-8,11H,9-10H2,1-2H3,(H,18,19). The zero-order valence-corrected chi connectivity index (χ0v) is 11.7. The number of carboxylic acids is 1. The van der Waals surface area contributed by atoms with Gasteiger partial charge in [-0.2, -0.15) is 0 Å². The molecule has 2 aromatic carbocycles. The predicted octanol–water partition coefficient (Wildman–Crippen LogP) is 3.62. The highest BCUT2D eigenvalue weighted by molar-refractivity contribution is 5.87. The van der Waals surface area contributed by atoms with Crippen molar-refractivity contribution in [2.75, 3.05) is 6.61 Å². The molecule has 104 valence electrons. The molecule has 20 heavy (non-hydrogen) atoms. The predicted molar refractivity (Wildman–Crippen MR) is 78.5 cm³/mol. The van der Waals surface area contributed by atoms with E-state index in [0.29, 0.717) is 12.4 Å². The molecule has 0 atom stereocenters. The number of hydrogen-bond acceptors (Lipinski definition) is 2. The molecule has 0 amide bonds. The number of aromatic carboxylic acids is 1. The summed E-state index contributed by atoms with van der Waals surface area (Å²) in [5.41, 5.74) is 4.07. The van der Waals surface area contributed by atoms with Crippen LogP contribution in [-0.2, 0) is 6.42 Å². The minimum Gasteiger partial charge on any atom is -0.493 e. The van der Waals surface area contributed by atoms with Gasteiger partial charge in [-0.3, -0.25) is 0 Å². The maximum atomic E-state index is 10.7. The Kier molecular flexibility index (Phi) is 4.41. The summed E-state index contributed by atoms with van der Waals surface area (Å²) in [6.45, 7) is 4.75. The SMILES string of the molecule is Cc1ccc(C)c(CCOc2ccc(C(=O)O)cc2)c1. The van der Waals surface area contributed by atoms with Crippen LogP contribution in [-0.4, -0.2) is 17.7 Å². The molecule has 0 saturated heterocycles. The fourth-order valence-corrected chi connectivity index (χ4v) is 2.04. The molecule has 0 aliphatic rings. The summed E-state index contributed by atoms with van der Waals surface area (Å²) in [6, 6.07) is 12.9. The quantitative estimate of drug-likeness (QED) is 0.902. The second-order valence-corrected chi connectivity index (χ2v) is 4.86. The number of benzene rings is 2. The van der Waals surface area contributed by atoms with Gasteiger partial charge in [0.05, 0.1) is 12.2 Å². The van der Waals surface area contributed by atoms with Gasteiger partial charge in [0.15, 0.2) is 0 Å². The lowest BCUT2D eigenvalue weighted by molar-refractivity contribution is 0.0697. The largest absolute Gasteiger partial charge is 0.493 e. The van der Waals surface area contributed by atoms with Crippen molar-refractivity contribution < 1.29 is 14.6 Å². The van der Waals surface area contributed by atoms with Crippen LogP contribution in [0.1, 0.15) is 27.0 Å². The molecule has 0 aliphatic heterocycles. The third-order valence-electron chi connectivity index (χ3n) is 3.25. The van der Waals surface area contributed by atoms with E-state index in [1.54, 1.807) is 24.3 Å². The van der Waals surface area contributed by atoms with Crippen molar-refractivity contribution in [2.45, 2.75) is 20.3 Å². The lowest BCUT2D eigenvalue weighted by Crippen LogP contribution is -2.03. The molecular formula is C17H18O3. The third kappa shape index (κ3) is 3.60. The molecular weight excluding hydrogens is 252 g/mol. The summed E-state index contributed by atoms with van der Waals surface area (Å²) in [6.07, 6.45) is 0.841. The third-order valence-corrected chi connectivity index (χ3v) is 3.25. The summed E-state index contributed by atoms with van der Waals surface area (Å²) in [5, 5.41) is 8.82. The van der Waals surface area contributed by atoms with E-state index in [4.69, 9.17) is 9.84 Å². The molecule has 0 heterocycles. The second-order valence-electron chi connectivity index (χ2n) is 4.86. The fraction of sp³-hybridized carbons (Fsp3) is 0.235. The lowest BCUT2D eigenvalue weighted by atomic mass is 10.0. The maximum Gasteiger partial charge on any atom is 0.335 e. The summed E-state index contributed by atoms with van der Waals surface area (Å²) in [5.74, 6) is -0.229. The molecule has 0 radical (unpaired) electrons. The van der Waals surface area contributed by atoms with Crippen molar-refractivity contribution in [3.05, 3.63) is 64.7 Å². The van der Waals surface area contributed by atoms with E-state index in [2.05, 4.69) is 32.0 Å². The number of ether oxygens (including phenoxy) is 1. The molecule has 3 nitrogen and oxygen atoms in total. The number of carboxylic acid groups (broad SMARTS) is 1. The first kappa shape index (κ1) is 14.1. The molecule has 0 aliphatic carbocycles. The molecule has 2 rings (SSSR count). The molecule has 2 aromatic rings. The molecule has 3 heteroatoms. The smallest absolute Gasteiger partial charge is 0.335 e. The van der Waals surface area contributed by atoms with Gasteiger partial charge < -0.3 is 9.84 Å². The van der Waals surface area contributed by atoms with Gasteiger partial charge in [0.25, 0.3) is 0 Å². The van der Waals surface area contributed by atoms with Gasteiger partial charge >= 0.3 is 5.97 Å². The average molecular weight is 270 g/mol. The summed E-state index contributed by atoms with van der Waals surface area (Å²) >= 11 is 0. The summed E-state index contributed by atoms with van der Waals surface area (Å²) in [4.78, 5) is 10.7. The Morgan fingerprint density at radius 1 is 1.10 bits per heavy atom. The van der Waals surface area contributed by atoms with Crippen molar-refractivity contribution in [1.82, 2.24) is 0 Å². The second kappa shape index (κ2) is 6.24. The monoisotopic (exact) mass is 270 g/mol. The first-order valence-corrected chi connectivity index (χ1v) is 6.58. The van der Waals surface area contributed by atoms with E-state index in [-0.39, 0.29) is 5.56 Å². The normalized spacial score (nSPS) is 10.3. The van der Waals surface area contributed by atoms with Crippen LogP contribution in [0.4, 0.5) is 0 Å². The van der Waals surface area contributed by atoms with Gasteiger partial charge in [-0.25, -0.2) is 4.79 Å². The van der Waals surface area contributed by atoms with Crippen molar-refractivity contribution in [3.63, 3.8) is 0 Å². The number of aryl methyl sites for hydroxylation is 2. The summed E-state index contributed by atoms with van der Waals surface area (Å²) in [7, 11) is 0. The Hall–Kier alpha value is -2.29. The van der Waals surface area contributed by atoms with Crippen LogP contribution in [0, 0.1) is 13.8 Å². The van der Waals surface area contributed by atoms with Crippen molar-refractivity contribution >= 4 is 5.97 Å². The van der Waals surface area contributed by atoms with Crippen LogP contribution in [0.2, 0.25) is 0 Å². The zero-order valence-electron chi connectivity index (χ0n) is 11.7. The fourth-order valence-electron chi connectivity index (χ4n) is 2.04.